The van der Waals surface area contributed by atoms with Crippen LogP contribution in [-0.4, -0.2) is 43.4 Å². The third-order valence-electron chi connectivity index (χ3n) is 4.52. The fourth-order valence-electron chi connectivity index (χ4n) is 3.01. The number of hydrogen-bond donors (Lipinski definition) is 1. The SMILES string of the molecule is CC#CCOc1ccc(S(=O)(=O)CCC(C(=O)O)C2CCSCC2)cc1. The van der Waals surface area contributed by atoms with E-state index in [0.717, 1.165) is 24.3 Å². The van der Waals surface area contributed by atoms with Gasteiger partial charge in [0.05, 0.1) is 16.6 Å². The summed E-state index contributed by atoms with van der Waals surface area (Å²) in [5, 5.41) is 9.50. The van der Waals surface area contributed by atoms with E-state index in [-0.39, 0.29) is 29.6 Å². The molecular formula is C19H24O5S2. The third-order valence-corrected chi connectivity index (χ3v) is 7.33. The molecule has 1 fully saturated rings. The van der Waals surface area contributed by atoms with Crippen molar-refractivity contribution in [1.29, 1.82) is 0 Å². The summed E-state index contributed by atoms with van der Waals surface area (Å²) in [6.07, 6.45) is 1.83. The zero-order valence-electron chi connectivity index (χ0n) is 14.8. The molecule has 0 aromatic heterocycles. The molecule has 0 spiro atoms. The van der Waals surface area contributed by atoms with E-state index >= 15 is 0 Å². The Morgan fingerprint density at radius 3 is 2.54 bits per heavy atom. The first kappa shape index (κ1) is 20.7. The number of sulfone groups is 1. The Kier molecular flexibility index (Phi) is 7.85. The molecule has 1 atom stereocenters. The quantitative estimate of drug-likeness (QED) is 0.680. The number of aliphatic carboxylic acids is 1. The first-order valence-electron chi connectivity index (χ1n) is 8.60. The second-order valence-corrected chi connectivity index (χ2v) is 9.52. The molecule has 1 saturated heterocycles. The van der Waals surface area contributed by atoms with Crippen LogP contribution in [0.1, 0.15) is 26.2 Å². The zero-order valence-corrected chi connectivity index (χ0v) is 16.4. The largest absolute Gasteiger partial charge is 0.481 e. The Balaban J connectivity index is 1.99. The zero-order chi connectivity index (χ0) is 19.0. The molecule has 1 aliphatic rings. The number of rotatable bonds is 8. The van der Waals surface area contributed by atoms with Gasteiger partial charge in [0.1, 0.15) is 12.4 Å². The summed E-state index contributed by atoms with van der Waals surface area (Å²) in [7, 11) is -3.52. The molecule has 26 heavy (non-hydrogen) atoms. The van der Waals surface area contributed by atoms with Crippen LogP contribution < -0.4 is 4.74 Å². The van der Waals surface area contributed by atoms with Crippen molar-refractivity contribution in [2.45, 2.75) is 31.1 Å². The maximum Gasteiger partial charge on any atom is 0.306 e. The van der Waals surface area contributed by atoms with Crippen molar-refractivity contribution in [2.24, 2.45) is 11.8 Å². The van der Waals surface area contributed by atoms with E-state index in [1.54, 1.807) is 19.1 Å². The lowest BCUT2D eigenvalue weighted by atomic mass is 9.86. The van der Waals surface area contributed by atoms with Gasteiger partial charge in [0.25, 0.3) is 0 Å². The van der Waals surface area contributed by atoms with Crippen LogP contribution in [0.2, 0.25) is 0 Å². The second kappa shape index (κ2) is 9.89. The summed E-state index contributed by atoms with van der Waals surface area (Å²) in [4.78, 5) is 11.8. The van der Waals surface area contributed by atoms with Gasteiger partial charge in [0.2, 0.25) is 0 Å². The topological polar surface area (TPSA) is 80.7 Å². The molecule has 2 rings (SSSR count). The molecule has 0 aliphatic carbocycles. The molecule has 5 nitrogen and oxygen atoms in total. The minimum atomic E-state index is -3.52. The minimum absolute atomic E-state index is 0.0689. The molecule has 0 saturated carbocycles. The van der Waals surface area contributed by atoms with Gasteiger partial charge in [-0.15, -0.1) is 5.92 Å². The summed E-state index contributed by atoms with van der Waals surface area (Å²) in [6.45, 7) is 1.97. The van der Waals surface area contributed by atoms with Gasteiger partial charge in [0, 0.05) is 0 Å². The van der Waals surface area contributed by atoms with E-state index in [9.17, 15) is 18.3 Å². The highest BCUT2D eigenvalue weighted by molar-refractivity contribution is 7.99. The van der Waals surface area contributed by atoms with Gasteiger partial charge in [0.15, 0.2) is 9.84 Å². The van der Waals surface area contributed by atoms with Crippen molar-refractivity contribution >= 4 is 27.6 Å². The van der Waals surface area contributed by atoms with Crippen molar-refractivity contribution in [3.8, 4) is 17.6 Å². The van der Waals surface area contributed by atoms with E-state index in [0.29, 0.717) is 5.75 Å². The van der Waals surface area contributed by atoms with Gasteiger partial charge < -0.3 is 9.84 Å². The predicted octanol–water partition coefficient (Wildman–Crippen LogP) is 3.10. The molecule has 7 heteroatoms. The van der Waals surface area contributed by atoms with Crippen LogP contribution in [0.5, 0.6) is 5.75 Å². The Bertz CT molecular complexity index is 753. The lowest BCUT2D eigenvalue weighted by Gasteiger charge is -2.27. The molecule has 1 aromatic rings. The standard InChI is InChI=1S/C19H24O5S2/c1-2-3-11-24-16-4-6-17(7-5-16)26(22,23)14-10-18(19(20)21)15-8-12-25-13-9-15/h4-7,15,18H,8-14H2,1H3,(H,20,21). The van der Waals surface area contributed by atoms with Gasteiger partial charge in [-0.1, -0.05) is 5.92 Å². The number of ether oxygens (including phenoxy) is 1. The van der Waals surface area contributed by atoms with Gasteiger partial charge in [-0.2, -0.15) is 11.8 Å². The molecule has 1 N–H and O–H groups in total. The van der Waals surface area contributed by atoms with Crippen molar-refractivity contribution < 1.29 is 23.1 Å². The Hall–Kier alpha value is -1.65. The number of hydrogen-bond acceptors (Lipinski definition) is 5. The molecule has 0 radical (unpaired) electrons. The predicted molar refractivity (Wildman–Crippen MR) is 103 cm³/mol. The minimum Gasteiger partial charge on any atom is -0.481 e. The number of thioether (sulfide) groups is 1. The second-order valence-electron chi connectivity index (χ2n) is 6.19. The smallest absolute Gasteiger partial charge is 0.306 e. The van der Waals surface area contributed by atoms with E-state index in [1.165, 1.54) is 12.1 Å². The van der Waals surface area contributed by atoms with E-state index in [1.807, 2.05) is 11.8 Å². The molecule has 1 aliphatic heterocycles. The fraction of sp³-hybridized carbons (Fsp3) is 0.526. The van der Waals surface area contributed by atoms with Gasteiger partial charge >= 0.3 is 5.97 Å². The summed E-state index contributed by atoms with van der Waals surface area (Å²) in [5.74, 6) is 6.36. The molecular weight excluding hydrogens is 372 g/mol. The number of carboxylic acid groups (broad SMARTS) is 1. The highest BCUT2D eigenvalue weighted by Gasteiger charge is 2.31. The fourth-order valence-corrected chi connectivity index (χ4v) is 5.51. The summed E-state index contributed by atoms with van der Waals surface area (Å²) < 4.78 is 30.5. The van der Waals surface area contributed by atoms with Crippen LogP contribution >= 0.6 is 11.8 Å². The molecule has 142 valence electrons. The summed E-state index contributed by atoms with van der Waals surface area (Å²) in [5.41, 5.74) is 0. The highest BCUT2D eigenvalue weighted by Crippen LogP contribution is 2.32. The number of carboxylic acids is 1. The van der Waals surface area contributed by atoms with Gasteiger partial charge in [-0.05, 0) is 67.9 Å². The maximum absolute atomic E-state index is 12.6. The van der Waals surface area contributed by atoms with Crippen LogP contribution in [0.25, 0.3) is 0 Å². The average molecular weight is 397 g/mol. The molecule has 0 amide bonds. The van der Waals surface area contributed by atoms with E-state index < -0.39 is 21.7 Å². The number of benzene rings is 1. The first-order chi connectivity index (χ1) is 12.4. The number of carbonyl (C=O) groups is 1. The molecule has 1 aromatic carbocycles. The van der Waals surface area contributed by atoms with E-state index in [2.05, 4.69) is 11.8 Å². The first-order valence-corrected chi connectivity index (χ1v) is 11.4. The summed E-state index contributed by atoms with van der Waals surface area (Å²) >= 11 is 1.83. The Morgan fingerprint density at radius 2 is 1.96 bits per heavy atom. The maximum atomic E-state index is 12.6. The van der Waals surface area contributed by atoms with E-state index in [4.69, 9.17) is 4.74 Å². The van der Waals surface area contributed by atoms with Crippen molar-refractivity contribution in [3.05, 3.63) is 24.3 Å². The molecule has 0 bridgehead atoms. The third kappa shape index (κ3) is 5.96. The normalized spacial score (nSPS) is 16.3. The van der Waals surface area contributed by atoms with Crippen molar-refractivity contribution in [3.63, 3.8) is 0 Å². The van der Waals surface area contributed by atoms with Crippen LogP contribution in [0, 0.1) is 23.7 Å². The molecule has 1 heterocycles. The Labute approximate surface area is 159 Å². The van der Waals surface area contributed by atoms with Crippen LogP contribution in [0.15, 0.2) is 29.2 Å². The lowest BCUT2D eigenvalue weighted by molar-refractivity contribution is -0.143. The van der Waals surface area contributed by atoms with Crippen LogP contribution in [0.4, 0.5) is 0 Å². The van der Waals surface area contributed by atoms with Gasteiger partial charge in [-0.25, -0.2) is 8.42 Å². The Morgan fingerprint density at radius 1 is 1.31 bits per heavy atom. The van der Waals surface area contributed by atoms with Gasteiger partial charge in [-0.3, -0.25) is 4.79 Å². The lowest BCUT2D eigenvalue weighted by Crippen LogP contribution is -2.29. The van der Waals surface area contributed by atoms with Crippen LogP contribution in [-0.2, 0) is 14.6 Å². The van der Waals surface area contributed by atoms with Crippen molar-refractivity contribution in [1.82, 2.24) is 0 Å². The van der Waals surface area contributed by atoms with Crippen molar-refractivity contribution in [2.75, 3.05) is 23.9 Å². The highest BCUT2D eigenvalue weighted by atomic mass is 32.2. The molecule has 1 unspecified atom stereocenters. The monoisotopic (exact) mass is 396 g/mol. The summed E-state index contributed by atoms with van der Waals surface area (Å²) in [6, 6.07) is 6.18. The van der Waals surface area contributed by atoms with Crippen LogP contribution in [0.3, 0.4) is 0 Å². The average Bonchev–Trinajstić information content (AvgIpc) is 2.63.